The maximum absolute atomic E-state index is 12.3. The summed E-state index contributed by atoms with van der Waals surface area (Å²) in [4.78, 5) is 12.4. The molecule has 0 spiro atoms. The van der Waals surface area contributed by atoms with Crippen molar-refractivity contribution in [2.75, 3.05) is 32.6 Å². The molecule has 140 valence electrons. The maximum atomic E-state index is 12.3. The average Bonchev–Trinajstić information content (AvgIpc) is 3.26. The van der Waals surface area contributed by atoms with Crippen LogP contribution in [0.3, 0.4) is 0 Å². The zero-order chi connectivity index (χ0) is 18.7. The normalized spacial score (nSPS) is 20.3. The first kappa shape index (κ1) is 18.3. The van der Waals surface area contributed by atoms with Gasteiger partial charge in [0.1, 0.15) is 0 Å². The molecule has 1 aliphatic heterocycles. The summed E-state index contributed by atoms with van der Waals surface area (Å²) in [6.45, 7) is 0.776. The van der Waals surface area contributed by atoms with Gasteiger partial charge in [-0.15, -0.1) is 5.10 Å². The van der Waals surface area contributed by atoms with Gasteiger partial charge in [0.25, 0.3) is 0 Å². The van der Waals surface area contributed by atoms with Gasteiger partial charge in [0.2, 0.25) is 10.0 Å². The minimum Gasteiger partial charge on any atom is -0.377 e. The molecule has 10 nitrogen and oxygen atoms in total. The number of ether oxygens (including phenoxy) is 1. The SMILES string of the molecule is CN(C)S(=O)(=O)c1cccc(NC(=O)N[C@H]2COC[C@H]2n2ccnn2)c1. The van der Waals surface area contributed by atoms with E-state index in [4.69, 9.17) is 4.74 Å². The van der Waals surface area contributed by atoms with Gasteiger partial charge in [-0.1, -0.05) is 11.3 Å². The lowest BCUT2D eigenvalue weighted by molar-refractivity contribution is 0.181. The fraction of sp³-hybridized carbons (Fsp3) is 0.400. The largest absolute Gasteiger partial charge is 0.377 e. The van der Waals surface area contributed by atoms with Gasteiger partial charge in [0, 0.05) is 26.0 Å². The van der Waals surface area contributed by atoms with Crippen LogP contribution in [0.15, 0.2) is 41.6 Å². The monoisotopic (exact) mass is 380 g/mol. The van der Waals surface area contributed by atoms with Crippen molar-refractivity contribution in [2.24, 2.45) is 0 Å². The van der Waals surface area contributed by atoms with Crippen molar-refractivity contribution in [3.05, 3.63) is 36.7 Å². The zero-order valence-electron chi connectivity index (χ0n) is 14.4. The molecular formula is C15H20N6O4S. The molecule has 0 saturated carbocycles. The lowest BCUT2D eigenvalue weighted by Gasteiger charge is -2.19. The van der Waals surface area contributed by atoms with Crippen LogP contribution < -0.4 is 10.6 Å². The van der Waals surface area contributed by atoms with Crippen LogP contribution in [0.5, 0.6) is 0 Å². The lowest BCUT2D eigenvalue weighted by atomic mass is 10.2. The van der Waals surface area contributed by atoms with Gasteiger partial charge in [-0.05, 0) is 18.2 Å². The number of aromatic nitrogens is 3. The maximum Gasteiger partial charge on any atom is 0.319 e. The van der Waals surface area contributed by atoms with E-state index < -0.39 is 16.1 Å². The molecule has 0 bridgehead atoms. The Kier molecular flexibility index (Phi) is 5.20. The van der Waals surface area contributed by atoms with Gasteiger partial charge in [0.15, 0.2) is 0 Å². The number of nitrogens with zero attached hydrogens (tertiary/aromatic N) is 4. The Morgan fingerprint density at radius 1 is 1.35 bits per heavy atom. The lowest BCUT2D eigenvalue weighted by Crippen LogP contribution is -2.43. The fourth-order valence-corrected chi connectivity index (χ4v) is 3.56. The average molecular weight is 380 g/mol. The zero-order valence-corrected chi connectivity index (χ0v) is 15.2. The number of hydrogen-bond donors (Lipinski definition) is 2. The number of sulfonamides is 1. The summed E-state index contributed by atoms with van der Waals surface area (Å²) in [6.07, 6.45) is 3.27. The Hall–Kier alpha value is -2.50. The molecule has 3 rings (SSSR count). The van der Waals surface area contributed by atoms with E-state index in [1.54, 1.807) is 29.2 Å². The van der Waals surface area contributed by atoms with Crippen LogP contribution in [0.1, 0.15) is 6.04 Å². The van der Waals surface area contributed by atoms with Crippen LogP contribution in [0.4, 0.5) is 10.5 Å². The Labute approximate surface area is 151 Å². The van der Waals surface area contributed by atoms with E-state index >= 15 is 0 Å². The van der Waals surface area contributed by atoms with Crippen LogP contribution in [0, 0.1) is 0 Å². The van der Waals surface area contributed by atoms with Gasteiger partial charge in [-0.2, -0.15) is 0 Å². The number of anilines is 1. The number of carbonyl (C=O) groups is 1. The molecule has 26 heavy (non-hydrogen) atoms. The van der Waals surface area contributed by atoms with E-state index in [9.17, 15) is 13.2 Å². The number of nitrogens with one attached hydrogen (secondary N) is 2. The molecule has 2 atom stereocenters. The predicted molar refractivity (Wildman–Crippen MR) is 93.1 cm³/mol. The van der Waals surface area contributed by atoms with Gasteiger partial charge in [-0.25, -0.2) is 22.2 Å². The van der Waals surface area contributed by atoms with Crippen molar-refractivity contribution in [2.45, 2.75) is 17.0 Å². The summed E-state index contributed by atoms with van der Waals surface area (Å²) in [5.41, 5.74) is 0.377. The Balaban J connectivity index is 1.67. The van der Waals surface area contributed by atoms with E-state index in [0.717, 1.165) is 4.31 Å². The first-order valence-electron chi connectivity index (χ1n) is 7.91. The number of amides is 2. The van der Waals surface area contributed by atoms with Gasteiger partial charge in [-0.3, -0.25) is 0 Å². The first-order valence-corrected chi connectivity index (χ1v) is 9.35. The number of carbonyl (C=O) groups excluding carboxylic acids is 1. The molecule has 2 N–H and O–H groups in total. The molecule has 1 aromatic carbocycles. The molecule has 1 saturated heterocycles. The van der Waals surface area contributed by atoms with Gasteiger partial charge in [0.05, 0.1) is 36.4 Å². The Bertz CT molecular complexity index is 868. The second-order valence-electron chi connectivity index (χ2n) is 6.01. The van der Waals surface area contributed by atoms with E-state index in [1.165, 1.54) is 26.2 Å². The molecular weight excluding hydrogens is 360 g/mol. The van der Waals surface area contributed by atoms with Crippen LogP contribution in [0.25, 0.3) is 0 Å². The second-order valence-corrected chi connectivity index (χ2v) is 8.16. The minimum atomic E-state index is -3.57. The quantitative estimate of drug-likeness (QED) is 0.770. The summed E-state index contributed by atoms with van der Waals surface area (Å²) in [6, 6.07) is 5.20. The molecule has 0 unspecified atom stereocenters. The Morgan fingerprint density at radius 2 is 2.15 bits per heavy atom. The van der Waals surface area contributed by atoms with E-state index in [1.807, 2.05) is 0 Å². The van der Waals surface area contributed by atoms with E-state index in [2.05, 4.69) is 20.9 Å². The molecule has 1 aromatic heterocycles. The van der Waals surface area contributed by atoms with Gasteiger partial charge < -0.3 is 15.4 Å². The topological polar surface area (TPSA) is 118 Å². The Morgan fingerprint density at radius 3 is 2.85 bits per heavy atom. The molecule has 2 aromatic rings. The highest BCUT2D eigenvalue weighted by atomic mass is 32.2. The van der Waals surface area contributed by atoms with Crippen molar-refractivity contribution >= 4 is 21.7 Å². The summed E-state index contributed by atoms with van der Waals surface area (Å²) < 4.78 is 32.6. The van der Waals surface area contributed by atoms with Crippen molar-refractivity contribution in [3.8, 4) is 0 Å². The highest BCUT2D eigenvalue weighted by molar-refractivity contribution is 7.89. The molecule has 2 amide bonds. The standard InChI is InChI=1S/C15H20N6O4S/c1-20(2)26(23,24)12-5-3-4-11(8-12)17-15(22)18-13-9-25-10-14(13)21-7-6-16-19-21/h3-8,13-14H,9-10H2,1-2H3,(H2,17,18,22)/t13-,14+/m0/s1. The van der Waals surface area contributed by atoms with Crippen molar-refractivity contribution in [1.82, 2.24) is 24.6 Å². The molecule has 1 aliphatic rings. The van der Waals surface area contributed by atoms with E-state index in [0.29, 0.717) is 18.9 Å². The van der Waals surface area contributed by atoms with Crippen LogP contribution in [0.2, 0.25) is 0 Å². The number of rotatable bonds is 5. The van der Waals surface area contributed by atoms with Gasteiger partial charge >= 0.3 is 6.03 Å². The third kappa shape index (κ3) is 3.84. The molecule has 2 heterocycles. The molecule has 0 radical (unpaired) electrons. The van der Waals surface area contributed by atoms with E-state index in [-0.39, 0.29) is 17.0 Å². The third-order valence-electron chi connectivity index (χ3n) is 4.02. The van der Waals surface area contributed by atoms with Crippen molar-refractivity contribution < 1.29 is 17.9 Å². The fourth-order valence-electron chi connectivity index (χ4n) is 2.62. The van der Waals surface area contributed by atoms with Crippen LogP contribution >= 0.6 is 0 Å². The molecule has 11 heteroatoms. The summed E-state index contributed by atoms with van der Waals surface area (Å²) in [5, 5.41) is 13.2. The highest BCUT2D eigenvalue weighted by Gasteiger charge is 2.31. The number of hydrogen-bond acceptors (Lipinski definition) is 6. The van der Waals surface area contributed by atoms with Crippen LogP contribution in [-0.2, 0) is 14.8 Å². The second kappa shape index (κ2) is 7.40. The number of benzene rings is 1. The summed E-state index contributed by atoms with van der Waals surface area (Å²) in [7, 11) is -0.671. The molecule has 0 aliphatic carbocycles. The van der Waals surface area contributed by atoms with Crippen LogP contribution in [-0.4, -0.2) is 67.1 Å². The predicted octanol–water partition coefficient (Wildman–Crippen LogP) is 0.290. The van der Waals surface area contributed by atoms with Crippen molar-refractivity contribution in [3.63, 3.8) is 0 Å². The molecule has 1 fully saturated rings. The first-order chi connectivity index (χ1) is 12.4. The smallest absolute Gasteiger partial charge is 0.319 e. The van der Waals surface area contributed by atoms with Crippen molar-refractivity contribution in [1.29, 1.82) is 0 Å². The summed E-state index contributed by atoms with van der Waals surface area (Å²) in [5.74, 6) is 0. The highest BCUT2D eigenvalue weighted by Crippen LogP contribution is 2.20. The third-order valence-corrected chi connectivity index (χ3v) is 5.83. The summed E-state index contributed by atoms with van der Waals surface area (Å²) >= 11 is 0. The number of urea groups is 1. The minimum absolute atomic E-state index is 0.102.